The largest absolute Gasteiger partial charge is 0.133 e. The Bertz CT molecular complexity index is 221. The van der Waals surface area contributed by atoms with Crippen LogP contribution in [0, 0.1) is 5.92 Å². The van der Waals surface area contributed by atoms with E-state index >= 15 is 0 Å². The van der Waals surface area contributed by atoms with Gasteiger partial charge >= 0.3 is 0 Å². The fourth-order valence-electron chi connectivity index (χ4n) is 1.07. The maximum absolute atomic E-state index is 2.25. The Kier molecular flexibility index (Phi) is 3.01. The third-order valence-corrected chi connectivity index (χ3v) is 2.82. The van der Waals surface area contributed by atoms with Crippen molar-refractivity contribution >= 4 is 11.8 Å². The van der Waals surface area contributed by atoms with Gasteiger partial charge in [0.05, 0.1) is 0 Å². The van der Waals surface area contributed by atoms with Crippen LogP contribution in [0.2, 0.25) is 0 Å². The first kappa shape index (κ1) is 8.66. The summed E-state index contributed by atoms with van der Waals surface area (Å²) in [5.41, 5.74) is 1.33. The van der Waals surface area contributed by atoms with Gasteiger partial charge in [-0.3, -0.25) is 0 Å². The van der Waals surface area contributed by atoms with Crippen LogP contribution in [-0.2, 0) is 0 Å². The van der Waals surface area contributed by atoms with Crippen LogP contribution in [0.5, 0.6) is 0 Å². The van der Waals surface area contributed by atoms with Gasteiger partial charge in [0.25, 0.3) is 0 Å². The smallest absolute Gasteiger partial charge is 0.00526 e. The zero-order valence-electron chi connectivity index (χ0n) is 7.29. The molecule has 0 radical (unpaired) electrons. The Balaban J connectivity index is 2.86. The van der Waals surface area contributed by atoms with Gasteiger partial charge in [0.15, 0.2) is 0 Å². The molecule has 1 heteroatoms. The van der Waals surface area contributed by atoms with E-state index in [1.807, 2.05) is 11.8 Å². The summed E-state index contributed by atoms with van der Waals surface area (Å²) >= 11 is 1.83. The molecule has 0 spiro atoms. The monoisotopic (exact) mass is 166 g/mol. The molecule has 1 aliphatic carbocycles. The van der Waals surface area contributed by atoms with Gasteiger partial charge in [-0.1, -0.05) is 36.8 Å². The molecule has 0 fully saturated rings. The molecule has 0 saturated carbocycles. The Morgan fingerprint density at radius 1 is 1.36 bits per heavy atom. The lowest BCUT2D eigenvalue weighted by molar-refractivity contribution is 0.924. The van der Waals surface area contributed by atoms with Gasteiger partial charge in [0.1, 0.15) is 0 Å². The lowest BCUT2D eigenvalue weighted by atomic mass is 10.1. The highest BCUT2D eigenvalue weighted by Gasteiger charge is 2.04. The van der Waals surface area contributed by atoms with E-state index in [4.69, 9.17) is 0 Å². The van der Waals surface area contributed by atoms with Crippen LogP contribution >= 0.6 is 11.8 Å². The Hall–Kier alpha value is -0.430. The van der Waals surface area contributed by atoms with E-state index in [0.717, 1.165) is 0 Å². The number of hydrogen-bond donors (Lipinski definition) is 0. The van der Waals surface area contributed by atoms with Gasteiger partial charge in [-0.15, -0.1) is 11.8 Å². The van der Waals surface area contributed by atoms with Crippen molar-refractivity contribution in [3.8, 4) is 0 Å². The van der Waals surface area contributed by atoms with Crippen LogP contribution in [0.4, 0.5) is 0 Å². The van der Waals surface area contributed by atoms with Crippen molar-refractivity contribution in [1.29, 1.82) is 0 Å². The second kappa shape index (κ2) is 3.82. The molecule has 60 valence electrons. The molecule has 1 atom stereocenters. The molecule has 0 aliphatic heterocycles. The third kappa shape index (κ3) is 2.26. The molecule has 0 heterocycles. The lowest BCUT2D eigenvalue weighted by Gasteiger charge is -2.06. The van der Waals surface area contributed by atoms with Crippen LogP contribution in [0.3, 0.4) is 0 Å². The molecule has 11 heavy (non-hydrogen) atoms. The highest BCUT2D eigenvalue weighted by molar-refractivity contribution is 8.02. The summed E-state index contributed by atoms with van der Waals surface area (Å²) in [6.45, 7) is 4.36. The first-order chi connectivity index (χ1) is 5.24. The topological polar surface area (TPSA) is 0 Å². The lowest BCUT2D eigenvalue weighted by Crippen LogP contribution is -1.88. The summed E-state index contributed by atoms with van der Waals surface area (Å²) < 4.78 is 0. The van der Waals surface area contributed by atoms with E-state index in [9.17, 15) is 0 Å². The molecule has 0 aromatic carbocycles. The number of rotatable bonds is 1. The van der Waals surface area contributed by atoms with Crippen molar-refractivity contribution < 1.29 is 0 Å². The minimum atomic E-state index is 0.582. The highest BCUT2D eigenvalue weighted by Crippen LogP contribution is 2.25. The van der Waals surface area contributed by atoms with Gasteiger partial charge < -0.3 is 0 Å². The number of hydrogen-bond acceptors (Lipinski definition) is 1. The summed E-state index contributed by atoms with van der Waals surface area (Å²) in [6.07, 6.45) is 11.0. The summed E-state index contributed by atoms with van der Waals surface area (Å²) in [7, 11) is 0. The Morgan fingerprint density at radius 3 is 2.73 bits per heavy atom. The Morgan fingerprint density at radius 2 is 2.09 bits per heavy atom. The van der Waals surface area contributed by atoms with E-state index < -0.39 is 0 Å². The van der Waals surface area contributed by atoms with Crippen LogP contribution in [0.15, 0.2) is 34.8 Å². The van der Waals surface area contributed by atoms with Gasteiger partial charge in [0.2, 0.25) is 0 Å². The minimum absolute atomic E-state index is 0.582. The zero-order chi connectivity index (χ0) is 8.27. The summed E-state index contributed by atoms with van der Waals surface area (Å²) in [5.74, 6) is 0.582. The maximum Gasteiger partial charge on any atom is 0.00526 e. The number of thioether (sulfide) groups is 1. The van der Waals surface area contributed by atoms with Crippen LogP contribution in [0.1, 0.15) is 13.8 Å². The van der Waals surface area contributed by atoms with Crippen molar-refractivity contribution in [3.05, 3.63) is 34.8 Å². The fraction of sp³-hybridized carbons (Fsp3) is 0.400. The van der Waals surface area contributed by atoms with Gasteiger partial charge in [-0.25, -0.2) is 0 Å². The molecule has 0 bridgehead atoms. The van der Waals surface area contributed by atoms with E-state index in [2.05, 4.69) is 44.4 Å². The average molecular weight is 166 g/mol. The van der Waals surface area contributed by atoms with Gasteiger partial charge in [0, 0.05) is 5.92 Å². The van der Waals surface area contributed by atoms with E-state index in [1.165, 1.54) is 10.5 Å². The summed E-state index contributed by atoms with van der Waals surface area (Å²) in [4.78, 5) is 1.44. The van der Waals surface area contributed by atoms with E-state index in [-0.39, 0.29) is 0 Å². The molecular weight excluding hydrogens is 152 g/mol. The fourth-order valence-corrected chi connectivity index (χ4v) is 1.72. The third-order valence-electron chi connectivity index (χ3n) is 1.84. The van der Waals surface area contributed by atoms with Crippen molar-refractivity contribution in [3.63, 3.8) is 0 Å². The van der Waals surface area contributed by atoms with Gasteiger partial charge in [-0.05, 0) is 18.1 Å². The number of allylic oxidation sites excluding steroid dienone is 6. The second-order valence-electron chi connectivity index (χ2n) is 2.83. The molecule has 1 aliphatic rings. The van der Waals surface area contributed by atoms with E-state index in [0.29, 0.717) is 5.92 Å². The SMILES string of the molecule is CSC1=CC=C(C)C=CC1C. The average Bonchev–Trinajstić information content (AvgIpc) is 2.15. The van der Waals surface area contributed by atoms with Crippen molar-refractivity contribution in [1.82, 2.24) is 0 Å². The van der Waals surface area contributed by atoms with Crippen LogP contribution < -0.4 is 0 Å². The normalized spacial score (nSPS) is 24.1. The predicted molar refractivity (Wildman–Crippen MR) is 53.7 cm³/mol. The van der Waals surface area contributed by atoms with Crippen molar-refractivity contribution in [2.24, 2.45) is 5.92 Å². The highest BCUT2D eigenvalue weighted by atomic mass is 32.2. The Labute approximate surface area is 73.1 Å². The summed E-state index contributed by atoms with van der Waals surface area (Å²) in [6, 6.07) is 0. The van der Waals surface area contributed by atoms with Crippen molar-refractivity contribution in [2.75, 3.05) is 6.26 Å². The van der Waals surface area contributed by atoms with E-state index in [1.54, 1.807) is 0 Å². The van der Waals surface area contributed by atoms with Crippen LogP contribution in [0.25, 0.3) is 0 Å². The molecule has 0 aromatic heterocycles. The zero-order valence-corrected chi connectivity index (χ0v) is 8.11. The molecule has 0 amide bonds. The molecule has 1 unspecified atom stereocenters. The molecule has 0 saturated heterocycles. The molecule has 0 N–H and O–H groups in total. The summed E-state index contributed by atoms with van der Waals surface area (Å²) in [5, 5.41) is 0. The molecule has 1 rings (SSSR count). The van der Waals surface area contributed by atoms with Crippen molar-refractivity contribution in [2.45, 2.75) is 13.8 Å². The van der Waals surface area contributed by atoms with Gasteiger partial charge in [-0.2, -0.15) is 0 Å². The standard InChI is InChI=1S/C10H14S/c1-8-4-6-9(2)10(11-3)7-5-8/h4-7,9H,1-3H3. The predicted octanol–water partition coefficient (Wildman–Crippen LogP) is 3.39. The minimum Gasteiger partial charge on any atom is -0.133 e. The quantitative estimate of drug-likeness (QED) is 0.575. The maximum atomic E-state index is 2.25. The van der Waals surface area contributed by atoms with Crippen LogP contribution in [-0.4, -0.2) is 6.26 Å². The first-order valence-electron chi connectivity index (χ1n) is 3.84. The molecule has 0 nitrogen and oxygen atoms in total. The molecule has 0 aromatic rings. The molecular formula is C10H14S. The first-order valence-corrected chi connectivity index (χ1v) is 5.07. The second-order valence-corrected chi connectivity index (χ2v) is 3.71.